The number of halogens is 1. The molecule has 0 aliphatic carbocycles. The maximum Gasteiger partial charge on any atom is 0.264 e. The Morgan fingerprint density at radius 2 is 1.48 bits per heavy atom. The highest BCUT2D eigenvalue weighted by atomic mass is 32.2. The average Bonchev–Trinajstić information content (AvgIpc) is 3.08. The average molecular weight is 648 g/mol. The van der Waals surface area contributed by atoms with Gasteiger partial charge in [0.2, 0.25) is 11.8 Å². The quantitative estimate of drug-likeness (QED) is 0.190. The Morgan fingerprint density at radius 3 is 2.11 bits per heavy atom. The van der Waals surface area contributed by atoms with Crippen LogP contribution in [0.25, 0.3) is 0 Å². The van der Waals surface area contributed by atoms with Crippen molar-refractivity contribution < 1.29 is 31.9 Å². The summed E-state index contributed by atoms with van der Waals surface area (Å²) in [6.45, 7) is 1.67. The Kier molecular flexibility index (Phi) is 11.7. The van der Waals surface area contributed by atoms with Crippen molar-refractivity contribution in [2.75, 3.05) is 31.6 Å². The van der Waals surface area contributed by atoms with Gasteiger partial charge in [0.25, 0.3) is 10.0 Å². The number of nitrogens with zero attached hydrogens (tertiary/aromatic N) is 2. The van der Waals surface area contributed by atoms with Crippen LogP contribution in [0, 0.1) is 5.82 Å². The lowest BCUT2D eigenvalue weighted by Crippen LogP contribution is -2.53. The number of rotatable bonds is 15. The lowest BCUT2D eigenvalue weighted by Gasteiger charge is -2.34. The summed E-state index contributed by atoms with van der Waals surface area (Å²) in [5.74, 6) is -0.540. The van der Waals surface area contributed by atoms with Crippen LogP contribution < -0.4 is 19.1 Å². The van der Waals surface area contributed by atoms with Crippen molar-refractivity contribution in [3.8, 4) is 11.5 Å². The van der Waals surface area contributed by atoms with Gasteiger partial charge in [0.1, 0.15) is 29.9 Å². The molecule has 9 nitrogen and oxygen atoms in total. The van der Waals surface area contributed by atoms with Crippen LogP contribution in [-0.2, 0) is 32.6 Å². The number of benzene rings is 4. The molecule has 242 valence electrons. The molecule has 0 saturated heterocycles. The summed E-state index contributed by atoms with van der Waals surface area (Å²) in [6, 6.07) is 26.0. The van der Waals surface area contributed by atoms with E-state index >= 15 is 0 Å². The molecule has 1 N–H and O–H groups in total. The van der Waals surface area contributed by atoms with E-state index in [-0.39, 0.29) is 29.5 Å². The predicted molar refractivity (Wildman–Crippen MR) is 175 cm³/mol. The minimum Gasteiger partial charge on any atom is -0.497 e. The number of anilines is 1. The molecular formula is C35H38FN3O6S. The number of hydrogen-bond acceptors (Lipinski definition) is 6. The summed E-state index contributed by atoms with van der Waals surface area (Å²) in [7, 11) is -1.34. The van der Waals surface area contributed by atoms with Crippen molar-refractivity contribution in [3.05, 3.63) is 120 Å². The molecule has 0 aliphatic rings. The van der Waals surface area contributed by atoms with Crippen LogP contribution in [0.2, 0.25) is 0 Å². The molecule has 0 radical (unpaired) electrons. The highest BCUT2D eigenvalue weighted by Gasteiger charge is 2.34. The third-order valence-electron chi connectivity index (χ3n) is 7.35. The zero-order valence-corrected chi connectivity index (χ0v) is 26.9. The molecule has 0 fully saturated rings. The number of nitrogens with one attached hydrogen (secondary N) is 1. The number of carbonyl (C=O) groups excluding carboxylic acids is 2. The molecular weight excluding hydrogens is 609 g/mol. The Balaban J connectivity index is 1.80. The van der Waals surface area contributed by atoms with Crippen molar-refractivity contribution in [1.82, 2.24) is 10.2 Å². The molecule has 11 heteroatoms. The van der Waals surface area contributed by atoms with Gasteiger partial charge in [0.05, 0.1) is 24.8 Å². The van der Waals surface area contributed by atoms with Crippen LogP contribution in [0.1, 0.15) is 24.5 Å². The smallest absolute Gasteiger partial charge is 0.264 e. The van der Waals surface area contributed by atoms with Gasteiger partial charge in [-0.15, -0.1) is 0 Å². The standard InChI is InChI=1S/C35H38FN3O6S/c1-4-21-37-35(41)33(23-26-9-6-5-7-10-26)38(24-27-11-8-12-31(22-27)45-3)34(40)25-39(29-15-13-28(36)14-16-29)46(42,43)32-19-17-30(44-2)18-20-32/h5-20,22,33H,4,21,23-25H2,1-3H3,(H,37,41)/t33-/m0/s1. The van der Waals surface area contributed by atoms with Gasteiger partial charge in [0, 0.05) is 19.5 Å². The molecule has 2 amide bonds. The second kappa shape index (κ2) is 15.9. The van der Waals surface area contributed by atoms with Gasteiger partial charge >= 0.3 is 0 Å². The van der Waals surface area contributed by atoms with Crippen molar-refractivity contribution in [1.29, 1.82) is 0 Å². The first-order valence-electron chi connectivity index (χ1n) is 14.8. The number of hydrogen-bond donors (Lipinski definition) is 1. The van der Waals surface area contributed by atoms with E-state index in [1.54, 1.807) is 24.3 Å². The Hall–Kier alpha value is -4.90. The van der Waals surface area contributed by atoms with Crippen LogP contribution in [-0.4, -0.2) is 58.5 Å². The fraction of sp³-hybridized carbons (Fsp3) is 0.257. The van der Waals surface area contributed by atoms with Gasteiger partial charge in [-0.3, -0.25) is 13.9 Å². The molecule has 46 heavy (non-hydrogen) atoms. The summed E-state index contributed by atoms with van der Waals surface area (Å²) in [5, 5.41) is 2.91. The summed E-state index contributed by atoms with van der Waals surface area (Å²) < 4.78 is 53.6. The number of amides is 2. The SMILES string of the molecule is CCCNC(=O)[C@H](Cc1ccccc1)N(Cc1cccc(OC)c1)C(=O)CN(c1ccc(F)cc1)S(=O)(=O)c1ccc(OC)cc1. The van der Waals surface area contributed by atoms with E-state index in [9.17, 15) is 22.4 Å². The van der Waals surface area contributed by atoms with E-state index in [2.05, 4.69) is 5.32 Å². The second-order valence-electron chi connectivity index (χ2n) is 10.5. The number of methoxy groups -OCH3 is 2. The van der Waals surface area contributed by atoms with E-state index in [1.165, 1.54) is 55.5 Å². The van der Waals surface area contributed by atoms with Gasteiger partial charge in [0.15, 0.2) is 0 Å². The molecule has 4 aromatic carbocycles. The lowest BCUT2D eigenvalue weighted by molar-refractivity contribution is -0.140. The largest absolute Gasteiger partial charge is 0.497 e. The zero-order valence-electron chi connectivity index (χ0n) is 26.1. The number of sulfonamides is 1. The van der Waals surface area contributed by atoms with Crippen LogP contribution >= 0.6 is 0 Å². The van der Waals surface area contributed by atoms with Gasteiger partial charge in [-0.05, 0) is 78.2 Å². The Morgan fingerprint density at radius 1 is 0.826 bits per heavy atom. The third-order valence-corrected chi connectivity index (χ3v) is 9.14. The first-order chi connectivity index (χ1) is 22.2. The van der Waals surface area contributed by atoms with Crippen molar-refractivity contribution in [3.63, 3.8) is 0 Å². The van der Waals surface area contributed by atoms with Crippen molar-refractivity contribution in [2.24, 2.45) is 0 Å². The molecule has 0 spiro atoms. The Bertz CT molecular complexity index is 1700. The Labute approximate surface area is 269 Å². The minimum atomic E-state index is -4.34. The molecule has 1 atom stereocenters. The summed E-state index contributed by atoms with van der Waals surface area (Å²) in [4.78, 5) is 29.5. The van der Waals surface area contributed by atoms with E-state index in [0.717, 1.165) is 22.0 Å². The van der Waals surface area contributed by atoms with Crippen LogP contribution in [0.15, 0.2) is 108 Å². The minimum absolute atomic E-state index is 0.00702. The van der Waals surface area contributed by atoms with E-state index in [0.29, 0.717) is 30.0 Å². The highest BCUT2D eigenvalue weighted by molar-refractivity contribution is 7.92. The van der Waals surface area contributed by atoms with E-state index in [1.807, 2.05) is 37.3 Å². The van der Waals surface area contributed by atoms with Crippen LogP contribution in [0.3, 0.4) is 0 Å². The molecule has 0 aromatic heterocycles. The van der Waals surface area contributed by atoms with Crippen LogP contribution in [0.5, 0.6) is 11.5 Å². The lowest BCUT2D eigenvalue weighted by atomic mass is 10.0. The summed E-state index contributed by atoms with van der Waals surface area (Å²) in [6.07, 6.45) is 0.875. The van der Waals surface area contributed by atoms with Crippen molar-refractivity contribution >= 4 is 27.5 Å². The first kappa shape index (κ1) is 34.0. The first-order valence-corrected chi connectivity index (χ1v) is 16.3. The molecule has 0 unspecified atom stereocenters. The second-order valence-corrected chi connectivity index (χ2v) is 12.4. The normalized spacial score (nSPS) is 11.7. The maximum absolute atomic E-state index is 14.5. The summed E-state index contributed by atoms with van der Waals surface area (Å²) >= 11 is 0. The number of carbonyl (C=O) groups is 2. The molecule has 0 saturated carbocycles. The molecule has 4 aromatic rings. The highest BCUT2D eigenvalue weighted by Crippen LogP contribution is 2.27. The van der Waals surface area contributed by atoms with Crippen LogP contribution in [0.4, 0.5) is 10.1 Å². The summed E-state index contributed by atoms with van der Waals surface area (Å²) in [5.41, 5.74) is 1.59. The zero-order chi connectivity index (χ0) is 33.1. The third kappa shape index (κ3) is 8.63. The fourth-order valence-corrected chi connectivity index (χ4v) is 6.31. The molecule has 4 rings (SSSR count). The topological polar surface area (TPSA) is 105 Å². The molecule has 0 heterocycles. The van der Waals surface area contributed by atoms with E-state index < -0.39 is 34.3 Å². The van der Waals surface area contributed by atoms with Gasteiger partial charge in [-0.25, -0.2) is 12.8 Å². The predicted octanol–water partition coefficient (Wildman–Crippen LogP) is 5.20. The van der Waals surface area contributed by atoms with E-state index in [4.69, 9.17) is 9.47 Å². The van der Waals surface area contributed by atoms with Gasteiger partial charge < -0.3 is 19.7 Å². The van der Waals surface area contributed by atoms with Gasteiger partial charge in [-0.1, -0.05) is 49.4 Å². The number of ether oxygens (including phenoxy) is 2. The fourth-order valence-electron chi connectivity index (χ4n) is 4.90. The van der Waals surface area contributed by atoms with Gasteiger partial charge in [-0.2, -0.15) is 0 Å². The molecule has 0 aliphatic heterocycles. The monoisotopic (exact) mass is 647 g/mol. The maximum atomic E-state index is 14.5. The molecule has 0 bridgehead atoms. The van der Waals surface area contributed by atoms with Crippen molar-refractivity contribution in [2.45, 2.75) is 37.2 Å².